The summed E-state index contributed by atoms with van der Waals surface area (Å²) in [5.41, 5.74) is 3.48. The number of carbonyl (C=O) groups excluding carboxylic acids is 2. The number of amides is 2. The number of benzene rings is 2. The number of nitrogens with zero attached hydrogens (tertiary/aromatic N) is 2. The predicted octanol–water partition coefficient (Wildman–Crippen LogP) is 3.80. The number of hydrogen-bond acceptors (Lipinski definition) is 6. The second kappa shape index (κ2) is 9.07. The molecule has 0 saturated carbocycles. The number of hydrogen-bond donors (Lipinski definition) is 2. The first kappa shape index (κ1) is 23.1. The summed E-state index contributed by atoms with van der Waals surface area (Å²) >= 11 is 1.18. The first-order valence-electron chi connectivity index (χ1n) is 10.6. The molecule has 0 saturated heterocycles. The summed E-state index contributed by atoms with van der Waals surface area (Å²) in [5.74, 6) is -0.387. The summed E-state index contributed by atoms with van der Waals surface area (Å²) < 4.78 is 22.0. The van der Waals surface area contributed by atoms with Gasteiger partial charge in [-0.25, -0.2) is 13.4 Å². The Kier molecular flexibility index (Phi) is 6.36. The molecule has 2 aromatic carbocycles. The standard InChI is InChI=1S/C24H25N3O4S2/c1-24(2,3)16-6-8-17(9-7-16)27-13-12-19-21(22(27)29)32-23(25-19)26-20(28)14-15-4-10-18(11-5-15)33(30)31/h4-11,33H,12-14H2,1-3H3,(H,25,26,28). The van der Waals surface area contributed by atoms with E-state index in [4.69, 9.17) is 0 Å². The van der Waals surface area contributed by atoms with Crippen LogP contribution in [0.3, 0.4) is 0 Å². The van der Waals surface area contributed by atoms with Gasteiger partial charge in [0.1, 0.15) is 4.88 Å². The van der Waals surface area contributed by atoms with Gasteiger partial charge in [0.15, 0.2) is 15.8 Å². The minimum Gasteiger partial charge on any atom is -0.307 e. The molecule has 9 heteroatoms. The van der Waals surface area contributed by atoms with Crippen molar-refractivity contribution < 1.29 is 18.0 Å². The number of rotatable bonds is 5. The van der Waals surface area contributed by atoms with E-state index in [0.29, 0.717) is 34.2 Å². The van der Waals surface area contributed by atoms with E-state index in [-0.39, 0.29) is 28.5 Å². The molecule has 0 spiro atoms. The third-order valence-corrected chi connectivity index (χ3v) is 7.23. The number of fused-ring (bicyclic) bond motifs is 1. The molecule has 0 radical (unpaired) electrons. The molecule has 0 atom stereocenters. The summed E-state index contributed by atoms with van der Waals surface area (Å²) in [4.78, 5) is 32.5. The zero-order chi connectivity index (χ0) is 23.8. The minimum absolute atomic E-state index is 0.0414. The fourth-order valence-electron chi connectivity index (χ4n) is 3.66. The van der Waals surface area contributed by atoms with Gasteiger partial charge in [0.2, 0.25) is 5.91 Å². The Bertz CT molecular complexity index is 1260. The van der Waals surface area contributed by atoms with Crippen LogP contribution in [0.2, 0.25) is 0 Å². The lowest BCUT2D eigenvalue weighted by molar-refractivity contribution is -0.115. The molecular weight excluding hydrogens is 458 g/mol. The van der Waals surface area contributed by atoms with Gasteiger partial charge >= 0.3 is 0 Å². The van der Waals surface area contributed by atoms with Crippen LogP contribution in [0.1, 0.15) is 47.3 Å². The molecule has 0 fully saturated rings. The van der Waals surface area contributed by atoms with Gasteiger partial charge in [-0.05, 0) is 40.8 Å². The molecule has 2 heterocycles. The largest absolute Gasteiger partial charge is 0.307 e. The summed E-state index contributed by atoms with van der Waals surface area (Å²) in [5, 5.41) is 3.15. The van der Waals surface area contributed by atoms with Crippen molar-refractivity contribution in [3.05, 3.63) is 70.2 Å². The number of aromatic nitrogens is 1. The maximum atomic E-state index is 13.1. The van der Waals surface area contributed by atoms with Crippen molar-refractivity contribution in [2.75, 3.05) is 16.8 Å². The van der Waals surface area contributed by atoms with E-state index in [1.807, 2.05) is 12.1 Å². The molecule has 1 N–H and O–H groups in total. The van der Waals surface area contributed by atoms with Crippen LogP contribution in [0.15, 0.2) is 53.4 Å². The molecule has 0 aliphatic carbocycles. The van der Waals surface area contributed by atoms with E-state index in [1.54, 1.807) is 17.0 Å². The smallest absolute Gasteiger partial charge is 0.270 e. The molecule has 1 aromatic heterocycles. The van der Waals surface area contributed by atoms with E-state index in [1.165, 1.54) is 29.0 Å². The first-order valence-corrected chi connectivity index (χ1v) is 12.6. The van der Waals surface area contributed by atoms with Crippen LogP contribution in [0, 0.1) is 0 Å². The van der Waals surface area contributed by atoms with Gasteiger partial charge in [0.05, 0.1) is 17.0 Å². The van der Waals surface area contributed by atoms with Crippen LogP contribution in [0.25, 0.3) is 0 Å². The maximum Gasteiger partial charge on any atom is 0.270 e. The van der Waals surface area contributed by atoms with Gasteiger partial charge in [0.25, 0.3) is 5.91 Å². The molecule has 3 aromatic rings. The molecule has 172 valence electrons. The van der Waals surface area contributed by atoms with E-state index in [9.17, 15) is 18.0 Å². The van der Waals surface area contributed by atoms with Crippen molar-refractivity contribution in [3.63, 3.8) is 0 Å². The monoisotopic (exact) mass is 483 g/mol. The SMILES string of the molecule is CC(C)(C)c1ccc(N2CCc3nc(NC(=O)Cc4ccc([SH](=O)=O)cc4)sc3C2=O)cc1. The molecule has 7 nitrogen and oxygen atoms in total. The van der Waals surface area contributed by atoms with E-state index in [0.717, 1.165) is 5.69 Å². The molecule has 4 rings (SSSR count). The second-order valence-electron chi connectivity index (χ2n) is 8.95. The molecule has 0 bridgehead atoms. The molecular formula is C24H25N3O4S2. The highest BCUT2D eigenvalue weighted by atomic mass is 32.2. The van der Waals surface area contributed by atoms with Gasteiger partial charge in [-0.1, -0.05) is 56.4 Å². The average molecular weight is 484 g/mol. The Morgan fingerprint density at radius 3 is 2.36 bits per heavy atom. The summed E-state index contributed by atoms with van der Waals surface area (Å²) in [6.07, 6.45) is 0.698. The zero-order valence-electron chi connectivity index (χ0n) is 18.6. The Balaban J connectivity index is 1.44. The Hall–Kier alpha value is -3.04. The van der Waals surface area contributed by atoms with Gasteiger partial charge in [-0.15, -0.1) is 0 Å². The number of thiol groups is 1. The van der Waals surface area contributed by atoms with Crippen molar-refractivity contribution >= 4 is 44.7 Å². The van der Waals surface area contributed by atoms with Gasteiger partial charge in [-0.3, -0.25) is 9.59 Å². The third kappa shape index (κ3) is 5.15. The highest BCUT2D eigenvalue weighted by molar-refractivity contribution is 7.72. The normalized spacial score (nSPS) is 13.8. The van der Waals surface area contributed by atoms with Crippen LogP contribution < -0.4 is 10.2 Å². The third-order valence-electron chi connectivity index (χ3n) is 5.51. The van der Waals surface area contributed by atoms with Crippen LogP contribution >= 0.6 is 11.3 Å². The fraction of sp³-hybridized carbons (Fsp3) is 0.292. The lowest BCUT2D eigenvalue weighted by Crippen LogP contribution is -2.36. The van der Waals surface area contributed by atoms with Crippen molar-refractivity contribution in [1.29, 1.82) is 0 Å². The van der Waals surface area contributed by atoms with Crippen LogP contribution in [-0.4, -0.2) is 31.8 Å². The van der Waals surface area contributed by atoms with E-state index in [2.05, 4.69) is 43.2 Å². The van der Waals surface area contributed by atoms with Crippen molar-refractivity contribution in [2.24, 2.45) is 0 Å². The molecule has 33 heavy (non-hydrogen) atoms. The number of nitrogens with one attached hydrogen (secondary N) is 1. The zero-order valence-corrected chi connectivity index (χ0v) is 20.3. The Morgan fingerprint density at radius 2 is 1.76 bits per heavy atom. The lowest BCUT2D eigenvalue weighted by atomic mass is 9.87. The minimum atomic E-state index is -2.64. The number of anilines is 2. The average Bonchev–Trinajstić information content (AvgIpc) is 3.17. The molecule has 1 aliphatic heterocycles. The van der Waals surface area contributed by atoms with Crippen molar-refractivity contribution in [1.82, 2.24) is 4.98 Å². The first-order chi connectivity index (χ1) is 15.6. The molecule has 2 amide bonds. The van der Waals surface area contributed by atoms with Crippen LogP contribution in [0.4, 0.5) is 10.8 Å². The topological polar surface area (TPSA) is 96.4 Å². The summed E-state index contributed by atoms with van der Waals surface area (Å²) in [6, 6.07) is 14.2. The van der Waals surface area contributed by atoms with Crippen LogP contribution in [-0.2, 0) is 33.8 Å². The van der Waals surface area contributed by atoms with Gasteiger partial charge < -0.3 is 10.2 Å². The maximum absolute atomic E-state index is 13.1. The highest BCUT2D eigenvalue weighted by Gasteiger charge is 2.30. The highest BCUT2D eigenvalue weighted by Crippen LogP contribution is 2.32. The summed E-state index contributed by atoms with van der Waals surface area (Å²) in [6.45, 7) is 6.99. The van der Waals surface area contributed by atoms with Crippen molar-refractivity contribution in [3.8, 4) is 0 Å². The summed E-state index contributed by atoms with van der Waals surface area (Å²) in [7, 11) is -2.64. The van der Waals surface area contributed by atoms with Gasteiger partial charge in [-0.2, -0.15) is 0 Å². The Labute approximate surface area is 198 Å². The van der Waals surface area contributed by atoms with E-state index >= 15 is 0 Å². The lowest BCUT2D eigenvalue weighted by Gasteiger charge is -2.27. The fourth-order valence-corrected chi connectivity index (χ4v) is 5.03. The number of carbonyl (C=O) groups is 2. The van der Waals surface area contributed by atoms with Crippen molar-refractivity contribution in [2.45, 2.75) is 43.9 Å². The quantitative estimate of drug-likeness (QED) is 0.538. The van der Waals surface area contributed by atoms with Gasteiger partial charge in [0, 0.05) is 18.7 Å². The molecule has 1 aliphatic rings. The Morgan fingerprint density at radius 1 is 1.09 bits per heavy atom. The predicted molar refractivity (Wildman–Crippen MR) is 130 cm³/mol. The van der Waals surface area contributed by atoms with E-state index < -0.39 is 10.7 Å². The second-order valence-corrected chi connectivity index (χ2v) is 11.0. The number of thiazole rings is 1. The molecule has 0 unspecified atom stereocenters. The van der Waals surface area contributed by atoms with Crippen LogP contribution in [0.5, 0.6) is 0 Å².